The average Bonchev–Trinajstić information content (AvgIpc) is 2.74. The van der Waals surface area contributed by atoms with Gasteiger partial charge in [-0.1, -0.05) is 0 Å². The number of anilines is 2. The molecule has 3 N–H and O–H groups in total. The smallest absolute Gasteiger partial charge is 0.321 e. The van der Waals surface area contributed by atoms with E-state index in [4.69, 9.17) is 9.47 Å². The van der Waals surface area contributed by atoms with Gasteiger partial charge in [-0.3, -0.25) is 0 Å². The molecule has 2 aromatic carbocycles. The van der Waals surface area contributed by atoms with Crippen molar-refractivity contribution in [3.05, 3.63) is 66.5 Å². The summed E-state index contributed by atoms with van der Waals surface area (Å²) in [5, 5.41) is 5.13. The van der Waals surface area contributed by atoms with Crippen LogP contribution < -0.4 is 24.8 Å². The van der Waals surface area contributed by atoms with Gasteiger partial charge in [-0.2, -0.15) is 0 Å². The molecule has 0 saturated heterocycles. The summed E-state index contributed by atoms with van der Waals surface area (Å²) in [5.41, 5.74) is 1.04. The number of methoxy groups -OCH3 is 1. The molecule has 11 heteroatoms. The number of urea groups is 1. The molecule has 0 aliphatic rings. The molecule has 0 aliphatic heterocycles. The van der Waals surface area contributed by atoms with Crippen molar-refractivity contribution in [1.29, 1.82) is 0 Å². The minimum atomic E-state index is -3.86. The van der Waals surface area contributed by atoms with E-state index in [1.807, 2.05) is 0 Å². The van der Waals surface area contributed by atoms with Crippen molar-refractivity contribution in [3.63, 3.8) is 0 Å². The van der Waals surface area contributed by atoms with Gasteiger partial charge >= 0.3 is 6.03 Å². The number of amides is 2. The topological polar surface area (TPSA) is 132 Å². The quantitative estimate of drug-likeness (QED) is 0.456. The van der Waals surface area contributed by atoms with Gasteiger partial charge in [0.25, 0.3) is 10.0 Å². The second-order valence-corrected chi connectivity index (χ2v) is 7.93. The third-order valence-corrected chi connectivity index (χ3v) is 5.32. The number of benzene rings is 2. The molecule has 3 rings (SSSR count). The summed E-state index contributed by atoms with van der Waals surface area (Å²) in [6.07, 6.45) is 1.46. The molecular formula is C20H21N5O5S. The van der Waals surface area contributed by atoms with Crippen molar-refractivity contribution in [1.82, 2.24) is 15.3 Å². The van der Waals surface area contributed by atoms with Gasteiger partial charge < -0.3 is 20.1 Å². The number of hydrogen-bond donors (Lipinski definition) is 3. The van der Waals surface area contributed by atoms with Gasteiger partial charge in [0, 0.05) is 17.6 Å². The Bertz CT molecular complexity index is 1140. The van der Waals surface area contributed by atoms with E-state index >= 15 is 0 Å². The SMILES string of the molecule is COc1ccc(OCNC(=O)Nc2ccc(S(=O)(=O)Nc3nccc(C)n3)cc2)cc1. The zero-order valence-electron chi connectivity index (χ0n) is 16.8. The predicted molar refractivity (Wildman–Crippen MR) is 115 cm³/mol. The van der Waals surface area contributed by atoms with E-state index in [2.05, 4.69) is 25.3 Å². The fourth-order valence-corrected chi connectivity index (χ4v) is 3.38. The number of sulfonamides is 1. The van der Waals surface area contributed by atoms with Crippen molar-refractivity contribution in [3.8, 4) is 11.5 Å². The van der Waals surface area contributed by atoms with Crippen LogP contribution in [-0.2, 0) is 10.0 Å². The third kappa shape index (κ3) is 6.31. The Morgan fingerprint density at radius 3 is 2.32 bits per heavy atom. The zero-order chi connectivity index (χ0) is 22.3. The van der Waals surface area contributed by atoms with Crippen LogP contribution in [0.4, 0.5) is 16.4 Å². The molecule has 0 radical (unpaired) electrons. The highest BCUT2D eigenvalue weighted by Crippen LogP contribution is 2.18. The van der Waals surface area contributed by atoms with Crippen LogP contribution in [-0.4, -0.2) is 38.3 Å². The first-order valence-electron chi connectivity index (χ1n) is 9.10. The summed E-state index contributed by atoms with van der Waals surface area (Å²) in [7, 11) is -2.29. The number of aromatic nitrogens is 2. The highest BCUT2D eigenvalue weighted by molar-refractivity contribution is 7.92. The fourth-order valence-electron chi connectivity index (χ4n) is 2.43. The maximum Gasteiger partial charge on any atom is 0.321 e. The number of hydrogen-bond acceptors (Lipinski definition) is 7. The van der Waals surface area contributed by atoms with E-state index in [0.29, 0.717) is 22.9 Å². The normalized spacial score (nSPS) is 10.8. The highest BCUT2D eigenvalue weighted by atomic mass is 32.2. The van der Waals surface area contributed by atoms with Crippen LogP contribution in [0.2, 0.25) is 0 Å². The van der Waals surface area contributed by atoms with Crippen LogP contribution in [0.15, 0.2) is 65.7 Å². The molecule has 0 fully saturated rings. The molecule has 31 heavy (non-hydrogen) atoms. The van der Waals surface area contributed by atoms with Crippen LogP contribution in [0.25, 0.3) is 0 Å². The van der Waals surface area contributed by atoms with Crippen molar-refractivity contribution in [2.24, 2.45) is 0 Å². The second kappa shape index (κ2) is 9.76. The van der Waals surface area contributed by atoms with Crippen molar-refractivity contribution in [2.75, 3.05) is 23.9 Å². The lowest BCUT2D eigenvalue weighted by Gasteiger charge is -2.11. The molecule has 0 aliphatic carbocycles. The number of nitrogens with one attached hydrogen (secondary N) is 3. The largest absolute Gasteiger partial charge is 0.497 e. The maximum atomic E-state index is 12.4. The van der Waals surface area contributed by atoms with Gasteiger partial charge in [-0.05, 0) is 61.5 Å². The molecule has 0 spiro atoms. The van der Waals surface area contributed by atoms with Gasteiger partial charge in [0.2, 0.25) is 5.95 Å². The first-order valence-corrected chi connectivity index (χ1v) is 10.6. The Labute approximate surface area is 179 Å². The Morgan fingerprint density at radius 1 is 1.00 bits per heavy atom. The summed E-state index contributed by atoms with van der Waals surface area (Å²) >= 11 is 0. The van der Waals surface area contributed by atoms with Crippen LogP contribution in [0.3, 0.4) is 0 Å². The lowest BCUT2D eigenvalue weighted by Crippen LogP contribution is -2.32. The molecule has 0 atom stereocenters. The molecule has 2 amide bonds. The fraction of sp³-hybridized carbons (Fsp3) is 0.150. The minimum Gasteiger partial charge on any atom is -0.497 e. The van der Waals surface area contributed by atoms with E-state index in [0.717, 1.165) is 0 Å². The molecule has 0 unspecified atom stereocenters. The maximum absolute atomic E-state index is 12.4. The number of nitrogens with zero attached hydrogens (tertiary/aromatic N) is 2. The van der Waals surface area contributed by atoms with Crippen molar-refractivity contribution in [2.45, 2.75) is 11.8 Å². The Hall–Kier alpha value is -3.86. The highest BCUT2D eigenvalue weighted by Gasteiger charge is 2.16. The molecule has 1 aromatic heterocycles. The van der Waals surface area contributed by atoms with Gasteiger partial charge in [0.1, 0.15) is 11.5 Å². The van der Waals surface area contributed by atoms with Gasteiger partial charge in [-0.15, -0.1) is 0 Å². The second-order valence-electron chi connectivity index (χ2n) is 6.25. The summed E-state index contributed by atoms with van der Waals surface area (Å²) in [4.78, 5) is 19.9. The lowest BCUT2D eigenvalue weighted by atomic mass is 10.3. The summed E-state index contributed by atoms with van der Waals surface area (Å²) < 4.78 is 37.7. The van der Waals surface area contributed by atoms with Gasteiger partial charge in [-0.25, -0.2) is 27.9 Å². The number of carbonyl (C=O) groups excluding carboxylic acids is 1. The Kier molecular flexibility index (Phi) is 6.88. The predicted octanol–water partition coefficient (Wildman–Crippen LogP) is 2.75. The Balaban J connectivity index is 1.51. The molecular weight excluding hydrogens is 422 g/mol. The van der Waals surface area contributed by atoms with Crippen LogP contribution in [0, 0.1) is 6.92 Å². The van der Waals surface area contributed by atoms with E-state index < -0.39 is 16.1 Å². The molecule has 10 nitrogen and oxygen atoms in total. The van der Waals surface area contributed by atoms with Crippen LogP contribution in [0.1, 0.15) is 5.69 Å². The van der Waals surface area contributed by atoms with E-state index in [-0.39, 0.29) is 17.6 Å². The Morgan fingerprint density at radius 2 is 1.68 bits per heavy atom. The van der Waals surface area contributed by atoms with E-state index in [1.54, 1.807) is 44.4 Å². The first-order chi connectivity index (χ1) is 14.9. The first kappa shape index (κ1) is 21.8. The summed E-state index contributed by atoms with van der Waals surface area (Å²) in [5.74, 6) is 1.25. The molecule has 0 bridgehead atoms. The molecule has 0 saturated carbocycles. The van der Waals surface area contributed by atoms with E-state index in [1.165, 1.54) is 30.5 Å². The number of ether oxygens (including phenoxy) is 2. The molecule has 3 aromatic rings. The summed E-state index contributed by atoms with van der Waals surface area (Å²) in [6, 6.07) is 13.7. The zero-order valence-corrected chi connectivity index (χ0v) is 17.6. The van der Waals surface area contributed by atoms with Crippen LogP contribution >= 0.6 is 0 Å². The van der Waals surface area contributed by atoms with Gasteiger partial charge in [0.15, 0.2) is 6.73 Å². The third-order valence-electron chi connectivity index (χ3n) is 3.97. The lowest BCUT2D eigenvalue weighted by molar-refractivity contribution is 0.234. The number of rotatable bonds is 8. The van der Waals surface area contributed by atoms with Crippen LogP contribution in [0.5, 0.6) is 11.5 Å². The molecule has 1 heterocycles. The monoisotopic (exact) mass is 443 g/mol. The van der Waals surface area contributed by atoms with Gasteiger partial charge in [0.05, 0.1) is 12.0 Å². The van der Waals surface area contributed by atoms with Crippen molar-refractivity contribution < 1.29 is 22.7 Å². The number of aryl methyl sites for hydroxylation is 1. The number of carbonyl (C=O) groups is 1. The summed E-state index contributed by atoms with van der Waals surface area (Å²) in [6.45, 7) is 1.68. The van der Waals surface area contributed by atoms with E-state index in [9.17, 15) is 13.2 Å². The molecule has 162 valence electrons. The minimum absolute atomic E-state index is 0.00593. The standard InChI is InChI=1S/C20H21N5O5S/c1-14-11-12-21-19(23-14)25-31(27,28)18-9-3-15(4-10-18)24-20(26)22-13-30-17-7-5-16(29-2)6-8-17/h3-12H,13H2,1-2H3,(H,21,23,25)(H2,22,24,26). The van der Waals surface area contributed by atoms with Crippen molar-refractivity contribution >= 4 is 27.7 Å². The average molecular weight is 443 g/mol.